The Morgan fingerprint density at radius 3 is 2.11 bits per heavy atom. The molecule has 0 aromatic heterocycles. The fourth-order valence-corrected chi connectivity index (χ4v) is 6.52. The van der Waals surface area contributed by atoms with Gasteiger partial charge in [0.2, 0.25) is 11.8 Å². The molecule has 0 spiro atoms. The Labute approximate surface area is 268 Å². The zero-order valence-corrected chi connectivity index (χ0v) is 27.6. The number of sulfonamides is 1. The first kappa shape index (κ1) is 33.5. The minimum Gasteiger partial charge on any atom is -0.352 e. The molecule has 0 fully saturated rings. The van der Waals surface area contributed by atoms with Crippen molar-refractivity contribution < 1.29 is 18.0 Å². The monoisotopic (exact) mass is 625 g/mol. The molecule has 0 saturated heterocycles. The number of nitrogens with zero attached hydrogens (tertiary/aromatic N) is 2. The van der Waals surface area contributed by atoms with Gasteiger partial charge in [-0.3, -0.25) is 13.9 Å². The number of carbonyl (C=O) groups is 2. The highest BCUT2D eigenvalue weighted by Gasteiger charge is 2.35. The maximum Gasteiger partial charge on any atom is 0.264 e. The molecule has 7 nitrogen and oxygen atoms in total. The standard InChI is InChI=1S/C37H43N3O4S/c1-6-30(5)38-37(42)35(24-31-15-8-7-9-16-31)39(25-32-17-11-10-14-29(32)4)36(41)26-40(33-18-12-13-28(3)23-33)45(43,44)34-21-19-27(2)20-22-34/h7-23,30,35H,6,24-26H2,1-5H3,(H,38,42)/t30-,35-/m0/s1. The molecular weight excluding hydrogens is 582 g/mol. The average Bonchev–Trinajstić information content (AvgIpc) is 3.02. The Kier molecular flexibility index (Phi) is 11.2. The molecule has 4 aromatic carbocycles. The largest absolute Gasteiger partial charge is 0.352 e. The van der Waals surface area contributed by atoms with E-state index >= 15 is 0 Å². The smallest absolute Gasteiger partial charge is 0.264 e. The van der Waals surface area contributed by atoms with E-state index in [4.69, 9.17) is 0 Å². The maximum absolute atomic E-state index is 14.6. The fourth-order valence-electron chi connectivity index (χ4n) is 5.12. The lowest BCUT2D eigenvalue weighted by atomic mass is 10.0. The molecule has 0 saturated carbocycles. The first-order valence-corrected chi connectivity index (χ1v) is 16.8. The topological polar surface area (TPSA) is 86.8 Å². The SMILES string of the molecule is CC[C@H](C)NC(=O)[C@H](Cc1ccccc1)N(Cc1ccccc1C)C(=O)CN(c1cccc(C)c1)S(=O)(=O)c1ccc(C)cc1. The minimum atomic E-state index is -4.14. The van der Waals surface area contributed by atoms with Gasteiger partial charge < -0.3 is 10.2 Å². The van der Waals surface area contributed by atoms with E-state index in [-0.39, 0.29) is 29.8 Å². The van der Waals surface area contributed by atoms with Crippen LogP contribution in [0.15, 0.2) is 108 Å². The zero-order chi connectivity index (χ0) is 32.6. The Morgan fingerprint density at radius 2 is 1.47 bits per heavy atom. The van der Waals surface area contributed by atoms with Crippen LogP contribution in [-0.4, -0.2) is 43.8 Å². The van der Waals surface area contributed by atoms with Crippen molar-refractivity contribution in [2.75, 3.05) is 10.8 Å². The summed E-state index contributed by atoms with van der Waals surface area (Å²) >= 11 is 0. The first-order chi connectivity index (χ1) is 21.5. The third-order valence-electron chi connectivity index (χ3n) is 8.05. The highest BCUT2D eigenvalue weighted by atomic mass is 32.2. The summed E-state index contributed by atoms with van der Waals surface area (Å²) < 4.78 is 29.5. The van der Waals surface area contributed by atoms with Crippen LogP contribution in [0.2, 0.25) is 0 Å². The summed E-state index contributed by atoms with van der Waals surface area (Å²) in [6.45, 7) is 9.31. The number of benzene rings is 4. The maximum atomic E-state index is 14.6. The van der Waals surface area contributed by atoms with Gasteiger partial charge in [0.1, 0.15) is 12.6 Å². The van der Waals surface area contributed by atoms with Crippen molar-refractivity contribution in [3.8, 4) is 0 Å². The van der Waals surface area contributed by atoms with Crippen LogP contribution in [0.5, 0.6) is 0 Å². The average molecular weight is 626 g/mol. The number of amides is 2. The Morgan fingerprint density at radius 1 is 0.800 bits per heavy atom. The van der Waals surface area contributed by atoms with Gasteiger partial charge in [-0.25, -0.2) is 8.42 Å². The lowest BCUT2D eigenvalue weighted by Crippen LogP contribution is -2.54. The molecule has 4 aromatic rings. The molecule has 1 N–H and O–H groups in total. The Hall–Kier alpha value is -4.43. The second kappa shape index (κ2) is 15.0. The summed E-state index contributed by atoms with van der Waals surface area (Å²) in [5.74, 6) is -0.755. The van der Waals surface area contributed by atoms with Crippen LogP contribution in [0.1, 0.15) is 48.1 Å². The lowest BCUT2D eigenvalue weighted by Gasteiger charge is -2.34. The van der Waals surface area contributed by atoms with Gasteiger partial charge in [0.15, 0.2) is 0 Å². The third-order valence-corrected chi connectivity index (χ3v) is 9.84. The minimum absolute atomic E-state index is 0.0863. The van der Waals surface area contributed by atoms with Crippen molar-refractivity contribution in [3.63, 3.8) is 0 Å². The van der Waals surface area contributed by atoms with E-state index in [1.807, 2.05) is 95.3 Å². The fraction of sp³-hybridized carbons (Fsp3) is 0.297. The molecule has 45 heavy (non-hydrogen) atoms. The van der Waals surface area contributed by atoms with E-state index in [0.717, 1.165) is 38.5 Å². The van der Waals surface area contributed by atoms with Gasteiger partial charge in [0.05, 0.1) is 10.6 Å². The van der Waals surface area contributed by atoms with E-state index in [2.05, 4.69) is 5.32 Å². The molecule has 8 heteroatoms. The summed E-state index contributed by atoms with van der Waals surface area (Å²) in [7, 11) is -4.14. The van der Waals surface area contributed by atoms with Crippen molar-refractivity contribution in [2.24, 2.45) is 0 Å². The summed E-state index contributed by atoms with van der Waals surface area (Å²) in [4.78, 5) is 30.2. The molecule has 2 atom stereocenters. The van der Waals surface area contributed by atoms with Crippen molar-refractivity contribution in [2.45, 2.75) is 71.0 Å². The van der Waals surface area contributed by atoms with Crippen LogP contribution in [0.25, 0.3) is 0 Å². The van der Waals surface area contributed by atoms with Crippen LogP contribution in [0.3, 0.4) is 0 Å². The van der Waals surface area contributed by atoms with E-state index < -0.39 is 28.5 Å². The number of hydrogen-bond donors (Lipinski definition) is 1. The molecule has 0 aliphatic rings. The van der Waals surface area contributed by atoms with Gasteiger partial charge >= 0.3 is 0 Å². The molecule has 0 radical (unpaired) electrons. The Balaban J connectivity index is 1.82. The van der Waals surface area contributed by atoms with E-state index in [1.54, 1.807) is 47.4 Å². The molecule has 0 aliphatic heterocycles. The van der Waals surface area contributed by atoms with Gasteiger partial charge in [-0.1, -0.05) is 91.3 Å². The zero-order valence-electron chi connectivity index (χ0n) is 26.7. The predicted octanol–water partition coefficient (Wildman–Crippen LogP) is 6.36. The number of aryl methyl sites for hydroxylation is 3. The quantitative estimate of drug-likeness (QED) is 0.187. The van der Waals surface area contributed by atoms with Crippen molar-refractivity contribution in [1.29, 1.82) is 0 Å². The molecule has 0 aliphatic carbocycles. The predicted molar refractivity (Wildman–Crippen MR) is 180 cm³/mol. The molecular formula is C37H43N3O4S. The van der Waals surface area contributed by atoms with Crippen LogP contribution in [-0.2, 0) is 32.6 Å². The summed E-state index contributed by atoms with van der Waals surface area (Å²) in [6.07, 6.45) is 1.00. The third kappa shape index (κ3) is 8.60. The number of carbonyl (C=O) groups excluding carboxylic acids is 2. The second-order valence-electron chi connectivity index (χ2n) is 11.6. The lowest BCUT2D eigenvalue weighted by molar-refractivity contribution is -0.140. The van der Waals surface area contributed by atoms with E-state index in [9.17, 15) is 18.0 Å². The summed E-state index contributed by atoms with van der Waals surface area (Å²) in [6, 6.07) is 30.0. The van der Waals surface area contributed by atoms with Gasteiger partial charge in [-0.05, 0) is 80.6 Å². The van der Waals surface area contributed by atoms with Gasteiger partial charge in [-0.2, -0.15) is 0 Å². The van der Waals surface area contributed by atoms with E-state index in [1.165, 1.54) is 0 Å². The van der Waals surface area contributed by atoms with Crippen LogP contribution >= 0.6 is 0 Å². The molecule has 4 rings (SSSR count). The van der Waals surface area contributed by atoms with Crippen LogP contribution in [0, 0.1) is 20.8 Å². The first-order valence-electron chi connectivity index (χ1n) is 15.3. The van der Waals surface area contributed by atoms with Crippen LogP contribution < -0.4 is 9.62 Å². The molecule has 0 bridgehead atoms. The normalized spacial score (nSPS) is 12.6. The number of anilines is 1. The molecule has 0 heterocycles. The second-order valence-corrected chi connectivity index (χ2v) is 13.5. The Bertz CT molecular complexity index is 1710. The number of hydrogen-bond acceptors (Lipinski definition) is 4. The van der Waals surface area contributed by atoms with E-state index in [0.29, 0.717) is 5.69 Å². The highest BCUT2D eigenvalue weighted by Crippen LogP contribution is 2.26. The van der Waals surface area contributed by atoms with Gasteiger partial charge in [0, 0.05) is 19.0 Å². The molecule has 0 unspecified atom stereocenters. The van der Waals surface area contributed by atoms with Gasteiger partial charge in [0.25, 0.3) is 10.0 Å². The summed E-state index contributed by atoms with van der Waals surface area (Å²) in [5.41, 5.74) is 4.90. The highest BCUT2D eigenvalue weighted by molar-refractivity contribution is 7.92. The van der Waals surface area contributed by atoms with Crippen LogP contribution in [0.4, 0.5) is 5.69 Å². The molecule has 236 valence electrons. The van der Waals surface area contributed by atoms with Crippen molar-refractivity contribution in [1.82, 2.24) is 10.2 Å². The summed E-state index contributed by atoms with van der Waals surface area (Å²) in [5, 5.41) is 3.07. The van der Waals surface area contributed by atoms with Gasteiger partial charge in [-0.15, -0.1) is 0 Å². The number of nitrogens with one attached hydrogen (secondary N) is 1. The van der Waals surface area contributed by atoms with Crippen molar-refractivity contribution >= 4 is 27.5 Å². The molecule has 2 amide bonds. The van der Waals surface area contributed by atoms with Crippen molar-refractivity contribution in [3.05, 3.63) is 131 Å². The number of rotatable bonds is 13.